The molecule has 1 aliphatic carbocycles. The van der Waals surface area contributed by atoms with E-state index in [1.165, 1.54) is 51.5 Å². The van der Waals surface area contributed by atoms with E-state index >= 15 is 0 Å². The van der Waals surface area contributed by atoms with Crippen molar-refractivity contribution in [1.82, 2.24) is 10.2 Å². The number of hydrogen-bond acceptors (Lipinski definition) is 3. The minimum Gasteiger partial charge on any atom is -0.379 e. The largest absolute Gasteiger partial charge is 0.379 e. The first kappa shape index (κ1) is 13.3. The molecule has 2 rings (SSSR count). The molecular weight excluding hydrogens is 212 g/mol. The minimum atomic E-state index is 0.788. The molecule has 1 saturated heterocycles. The smallest absolute Gasteiger partial charge is 0.0594 e. The van der Waals surface area contributed by atoms with E-state index in [0.29, 0.717) is 0 Å². The van der Waals surface area contributed by atoms with Crippen molar-refractivity contribution < 1.29 is 4.74 Å². The quantitative estimate of drug-likeness (QED) is 0.813. The van der Waals surface area contributed by atoms with Gasteiger partial charge in [0.05, 0.1) is 13.2 Å². The Morgan fingerprint density at radius 3 is 2.29 bits per heavy atom. The lowest BCUT2D eigenvalue weighted by Gasteiger charge is -2.28. The fraction of sp³-hybridized carbons (Fsp3) is 1.00. The van der Waals surface area contributed by atoms with Crippen molar-refractivity contribution in [2.45, 2.75) is 51.0 Å². The first-order valence-electron chi connectivity index (χ1n) is 7.48. The topological polar surface area (TPSA) is 24.5 Å². The third kappa shape index (κ3) is 5.36. The Bertz CT molecular complexity index is 185. The summed E-state index contributed by atoms with van der Waals surface area (Å²) in [7, 11) is 0. The first-order chi connectivity index (χ1) is 8.45. The molecule has 0 spiro atoms. The van der Waals surface area contributed by atoms with Gasteiger partial charge in [-0.05, 0) is 12.8 Å². The van der Waals surface area contributed by atoms with E-state index in [0.717, 1.165) is 38.9 Å². The van der Waals surface area contributed by atoms with Crippen molar-refractivity contribution in [3.63, 3.8) is 0 Å². The van der Waals surface area contributed by atoms with Crippen molar-refractivity contribution in [3.8, 4) is 0 Å². The monoisotopic (exact) mass is 240 g/mol. The molecule has 3 nitrogen and oxygen atoms in total. The Balaban J connectivity index is 1.56. The van der Waals surface area contributed by atoms with E-state index in [1.54, 1.807) is 0 Å². The lowest BCUT2D eigenvalue weighted by atomic mass is 9.97. The molecule has 17 heavy (non-hydrogen) atoms. The Labute approximate surface area is 106 Å². The first-order valence-corrected chi connectivity index (χ1v) is 7.48. The van der Waals surface area contributed by atoms with Gasteiger partial charge in [0.2, 0.25) is 0 Å². The summed E-state index contributed by atoms with van der Waals surface area (Å²) in [5, 5.41) is 3.75. The van der Waals surface area contributed by atoms with Crippen LogP contribution in [0.5, 0.6) is 0 Å². The van der Waals surface area contributed by atoms with Crippen LogP contribution in [0.15, 0.2) is 0 Å². The lowest BCUT2D eigenvalue weighted by molar-refractivity contribution is 0.0380. The highest BCUT2D eigenvalue weighted by molar-refractivity contribution is 4.71. The Morgan fingerprint density at radius 1 is 0.941 bits per heavy atom. The molecule has 0 atom stereocenters. The lowest BCUT2D eigenvalue weighted by Crippen LogP contribution is -2.42. The van der Waals surface area contributed by atoms with E-state index in [1.807, 2.05) is 0 Å². The van der Waals surface area contributed by atoms with Crippen molar-refractivity contribution in [1.29, 1.82) is 0 Å². The standard InChI is InChI=1S/C14H28N2O/c1-2-4-6-14(7-5-3-1)15-8-9-16-10-12-17-13-11-16/h14-15H,1-13H2. The highest BCUT2D eigenvalue weighted by atomic mass is 16.5. The zero-order valence-corrected chi connectivity index (χ0v) is 11.1. The van der Waals surface area contributed by atoms with Crippen molar-refractivity contribution in [2.75, 3.05) is 39.4 Å². The molecule has 0 aromatic heterocycles. The highest BCUT2D eigenvalue weighted by Gasteiger charge is 2.12. The molecule has 1 saturated carbocycles. The van der Waals surface area contributed by atoms with Gasteiger partial charge in [-0.2, -0.15) is 0 Å². The van der Waals surface area contributed by atoms with Crippen molar-refractivity contribution in [3.05, 3.63) is 0 Å². The Kier molecular flexibility index (Phi) is 6.32. The summed E-state index contributed by atoms with van der Waals surface area (Å²) in [6.07, 6.45) is 9.99. The number of nitrogens with one attached hydrogen (secondary N) is 1. The third-order valence-electron chi connectivity index (χ3n) is 4.07. The van der Waals surface area contributed by atoms with Crippen LogP contribution in [0.3, 0.4) is 0 Å². The van der Waals surface area contributed by atoms with Gasteiger partial charge in [0.25, 0.3) is 0 Å². The molecule has 1 N–H and O–H groups in total. The molecule has 0 amide bonds. The number of rotatable bonds is 4. The summed E-state index contributed by atoms with van der Waals surface area (Å²) < 4.78 is 5.36. The Hall–Kier alpha value is -0.120. The molecule has 2 aliphatic rings. The van der Waals surface area contributed by atoms with Crippen LogP contribution in [-0.2, 0) is 4.74 Å². The SMILES string of the molecule is C1CCCC(NCCN2CCOCC2)CCC1. The number of ether oxygens (including phenoxy) is 1. The van der Waals surface area contributed by atoms with Crippen LogP contribution < -0.4 is 5.32 Å². The normalized spacial score (nSPS) is 25.4. The second kappa shape index (κ2) is 8.06. The maximum atomic E-state index is 5.36. The van der Waals surface area contributed by atoms with Gasteiger partial charge < -0.3 is 10.1 Å². The van der Waals surface area contributed by atoms with Gasteiger partial charge in [-0.3, -0.25) is 4.90 Å². The van der Waals surface area contributed by atoms with Gasteiger partial charge in [-0.15, -0.1) is 0 Å². The zero-order valence-electron chi connectivity index (χ0n) is 11.1. The average Bonchev–Trinajstić information content (AvgIpc) is 2.33. The van der Waals surface area contributed by atoms with Gasteiger partial charge >= 0.3 is 0 Å². The van der Waals surface area contributed by atoms with Gasteiger partial charge in [0.1, 0.15) is 0 Å². The second-order valence-electron chi connectivity index (χ2n) is 5.45. The van der Waals surface area contributed by atoms with Crippen LogP contribution >= 0.6 is 0 Å². The van der Waals surface area contributed by atoms with Crippen LogP contribution in [0.1, 0.15) is 44.9 Å². The number of morpholine rings is 1. The molecule has 0 aromatic rings. The van der Waals surface area contributed by atoms with Crippen LogP contribution in [0.4, 0.5) is 0 Å². The van der Waals surface area contributed by atoms with E-state index in [9.17, 15) is 0 Å². The summed E-state index contributed by atoms with van der Waals surface area (Å²) in [5.74, 6) is 0. The average molecular weight is 240 g/mol. The van der Waals surface area contributed by atoms with Crippen LogP contribution in [0, 0.1) is 0 Å². The summed E-state index contributed by atoms with van der Waals surface area (Å²) in [5.41, 5.74) is 0. The number of nitrogens with zero attached hydrogens (tertiary/aromatic N) is 1. The van der Waals surface area contributed by atoms with Crippen LogP contribution in [-0.4, -0.2) is 50.3 Å². The highest BCUT2D eigenvalue weighted by Crippen LogP contribution is 2.16. The fourth-order valence-electron chi connectivity index (χ4n) is 2.91. The molecule has 100 valence electrons. The van der Waals surface area contributed by atoms with E-state index in [-0.39, 0.29) is 0 Å². The molecule has 1 aliphatic heterocycles. The molecule has 0 unspecified atom stereocenters. The molecule has 0 bridgehead atoms. The molecule has 1 heterocycles. The summed E-state index contributed by atoms with van der Waals surface area (Å²) >= 11 is 0. The predicted molar refractivity (Wildman–Crippen MR) is 71.4 cm³/mol. The summed E-state index contributed by atoms with van der Waals surface area (Å²) in [4.78, 5) is 2.51. The van der Waals surface area contributed by atoms with E-state index < -0.39 is 0 Å². The van der Waals surface area contributed by atoms with E-state index in [4.69, 9.17) is 4.74 Å². The van der Waals surface area contributed by atoms with Gasteiger partial charge in [0.15, 0.2) is 0 Å². The molecule has 0 radical (unpaired) electrons. The van der Waals surface area contributed by atoms with Gasteiger partial charge in [0, 0.05) is 32.2 Å². The van der Waals surface area contributed by atoms with Crippen LogP contribution in [0.25, 0.3) is 0 Å². The Morgan fingerprint density at radius 2 is 1.59 bits per heavy atom. The van der Waals surface area contributed by atoms with Gasteiger partial charge in [-0.1, -0.05) is 32.1 Å². The fourth-order valence-corrected chi connectivity index (χ4v) is 2.91. The van der Waals surface area contributed by atoms with Crippen LogP contribution in [0.2, 0.25) is 0 Å². The van der Waals surface area contributed by atoms with Crippen molar-refractivity contribution in [2.24, 2.45) is 0 Å². The third-order valence-corrected chi connectivity index (χ3v) is 4.07. The molecular formula is C14H28N2O. The van der Waals surface area contributed by atoms with E-state index in [2.05, 4.69) is 10.2 Å². The number of hydrogen-bond donors (Lipinski definition) is 1. The van der Waals surface area contributed by atoms with Crippen molar-refractivity contribution >= 4 is 0 Å². The maximum Gasteiger partial charge on any atom is 0.0594 e. The second-order valence-corrected chi connectivity index (χ2v) is 5.45. The molecule has 0 aromatic carbocycles. The maximum absolute atomic E-state index is 5.36. The summed E-state index contributed by atoms with van der Waals surface area (Å²) in [6.45, 7) is 6.43. The summed E-state index contributed by atoms with van der Waals surface area (Å²) in [6, 6.07) is 0.788. The van der Waals surface area contributed by atoms with Gasteiger partial charge in [-0.25, -0.2) is 0 Å². The molecule has 2 fully saturated rings. The predicted octanol–water partition coefficient (Wildman–Crippen LogP) is 2.02. The zero-order chi connectivity index (χ0) is 11.8. The molecule has 3 heteroatoms. The minimum absolute atomic E-state index is 0.788.